The number of benzene rings is 2. The molecule has 34 heavy (non-hydrogen) atoms. The van der Waals surface area contributed by atoms with Gasteiger partial charge in [-0.1, -0.05) is 36.7 Å². The third-order valence-electron chi connectivity index (χ3n) is 5.42. The van der Waals surface area contributed by atoms with E-state index >= 15 is 0 Å². The zero-order valence-electron chi connectivity index (χ0n) is 20.2. The number of amides is 2. The number of sulfonamides is 1. The van der Waals surface area contributed by atoms with Crippen LogP contribution in [0.15, 0.2) is 42.5 Å². The standard InChI is InChI=1S/C24H32ClN3O5S/c1-6-14-26-24(30)18(3)27(15-19-10-12-20(33-4)13-11-19)23(29)16-28(34(5,31)32)22-9-7-8-21(25)17(22)2/h7-13,18H,6,14-16H2,1-5H3,(H,26,30). The van der Waals surface area contributed by atoms with Crippen molar-refractivity contribution in [3.05, 3.63) is 58.6 Å². The minimum atomic E-state index is -3.82. The van der Waals surface area contributed by atoms with Gasteiger partial charge in [0, 0.05) is 18.1 Å². The summed E-state index contributed by atoms with van der Waals surface area (Å²) >= 11 is 6.20. The molecule has 8 nitrogen and oxygen atoms in total. The van der Waals surface area contributed by atoms with Crippen molar-refractivity contribution in [3.8, 4) is 5.75 Å². The van der Waals surface area contributed by atoms with Gasteiger partial charge in [-0.15, -0.1) is 0 Å². The second-order valence-corrected chi connectivity index (χ2v) is 10.3. The molecule has 2 aromatic carbocycles. The van der Waals surface area contributed by atoms with E-state index in [1.54, 1.807) is 63.4 Å². The number of nitrogens with one attached hydrogen (secondary N) is 1. The molecule has 0 spiro atoms. The van der Waals surface area contributed by atoms with Gasteiger partial charge in [0.25, 0.3) is 0 Å². The number of methoxy groups -OCH3 is 1. The summed E-state index contributed by atoms with van der Waals surface area (Å²) in [4.78, 5) is 27.6. The molecule has 10 heteroatoms. The summed E-state index contributed by atoms with van der Waals surface area (Å²) in [5, 5.41) is 3.19. The second kappa shape index (κ2) is 12.1. The summed E-state index contributed by atoms with van der Waals surface area (Å²) in [6.07, 6.45) is 1.78. The molecule has 0 aliphatic rings. The first-order valence-electron chi connectivity index (χ1n) is 10.9. The maximum atomic E-state index is 13.5. The van der Waals surface area contributed by atoms with Gasteiger partial charge in [-0.3, -0.25) is 13.9 Å². The highest BCUT2D eigenvalue weighted by molar-refractivity contribution is 7.92. The van der Waals surface area contributed by atoms with Crippen LogP contribution >= 0.6 is 11.6 Å². The van der Waals surface area contributed by atoms with Crippen LogP contribution in [0.3, 0.4) is 0 Å². The number of carbonyl (C=O) groups is 2. The van der Waals surface area contributed by atoms with E-state index in [0.717, 1.165) is 22.5 Å². The van der Waals surface area contributed by atoms with E-state index in [1.165, 1.54) is 4.90 Å². The van der Waals surface area contributed by atoms with E-state index in [9.17, 15) is 18.0 Å². The van der Waals surface area contributed by atoms with E-state index in [1.807, 2.05) is 6.92 Å². The maximum Gasteiger partial charge on any atom is 0.244 e. The summed E-state index contributed by atoms with van der Waals surface area (Å²) in [5.41, 5.74) is 1.63. The Bertz CT molecular complexity index is 1110. The molecule has 0 saturated carbocycles. The lowest BCUT2D eigenvalue weighted by molar-refractivity contribution is -0.139. The zero-order valence-corrected chi connectivity index (χ0v) is 21.7. The highest BCUT2D eigenvalue weighted by atomic mass is 35.5. The van der Waals surface area contributed by atoms with Gasteiger partial charge in [-0.05, 0) is 55.7 Å². The predicted molar refractivity (Wildman–Crippen MR) is 135 cm³/mol. The lowest BCUT2D eigenvalue weighted by atomic mass is 10.1. The number of halogens is 1. The van der Waals surface area contributed by atoms with Gasteiger partial charge in [0.05, 0.1) is 19.1 Å². The number of hydrogen-bond donors (Lipinski definition) is 1. The minimum Gasteiger partial charge on any atom is -0.497 e. The maximum absolute atomic E-state index is 13.5. The fourth-order valence-corrected chi connectivity index (χ4v) is 4.44. The second-order valence-electron chi connectivity index (χ2n) is 7.99. The lowest BCUT2D eigenvalue weighted by Gasteiger charge is -2.32. The van der Waals surface area contributed by atoms with Gasteiger partial charge in [0.2, 0.25) is 21.8 Å². The zero-order chi connectivity index (χ0) is 25.5. The number of nitrogens with zero attached hydrogens (tertiary/aromatic N) is 2. The van der Waals surface area contributed by atoms with Crippen molar-refractivity contribution in [2.45, 2.75) is 39.8 Å². The van der Waals surface area contributed by atoms with Crippen LogP contribution in [-0.4, -0.2) is 57.6 Å². The number of hydrogen-bond acceptors (Lipinski definition) is 5. The van der Waals surface area contributed by atoms with Crippen molar-refractivity contribution in [2.75, 3.05) is 30.8 Å². The van der Waals surface area contributed by atoms with E-state index in [0.29, 0.717) is 28.6 Å². The van der Waals surface area contributed by atoms with Gasteiger partial charge in [-0.2, -0.15) is 0 Å². The van der Waals surface area contributed by atoms with Crippen LogP contribution in [0.2, 0.25) is 5.02 Å². The van der Waals surface area contributed by atoms with E-state index in [2.05, 4.69) is 5.32 Å². The van der Waals surface area contributed by atoms with Crippen LogP contribution in [0.25, 0.3) is 0 Å². The summed E-state index contributed by atoms with van der Waals surface area (Å²) < 4.78 is 31.5. The smallest absolute Gasteiger partial charge is 0.244 e. The van der Waals surface area contributed by atoms with Crippen molar-refractivity contribution in [1.82, 2.24) is 10.2 Å². The van der Waals surface area contributed by atoms with E-state index in [-0.39, 0.29) is 12.5 Å². The highest BCUT2D eigenvalue weighted by Crippen LogP contribution is 2.28. The van der Waals surface area contributed by atoms with Crippen LogP contribution in [0.5, 0.6) is 5.75 Å². The molecule has 0 aromatic heterocycles. The molecule has 2 amide bonds. The molecular formula is C24H32ClN3O5S. The first-order chi connectivity index (χ1) is 16.0. The molecule has 0 fully saturated rings. The number of ether oxygens (including phenoxy) is 1. The lowest BCUT2D eigenvalue weighted by Crippen LogP contribution is -2.51. The first kappa shape index (κ1) is 27.5. The Labute approximate surface area is 206 Å². The molecule has 0 heterocycles. The third-order valence-corrected chi connectivity index (χ3v) is 6.95. The number of anilines is 1. The average Bonchev–Trinajstić information content (AvgIpc) is 2.80. The molecule has 186 valence electrons. The quantitative estimate of drug-likeness (QED) is 0.501. The van der Waals surface area contributed by atoms with Gasteiger partial charge in [-0.25, -0.2) is 8.42 Å². The predicted octanol–water partition coefficient (Wildman–Crippen LogP) is 3.37. The van der Waals surface area contributed by atoms with Crippen molar-refractivity contribution in [2.24, 2.45) is 0 Å². The molecule has 0 aliphatic carbocycles. The van der Waals surface area contributed by atoms with Crippen molar-refractivity contribution in [1.29, 1.82) is 0 Å². The molecule has 0 aliphatic heterocycles. The Hall–Kier alpha value is -2.78. The van der Waals surface area contributed by atoms with Crippen LogP contribution in [0.4, 0.5) is 5.69 Å². The molecule has 0 bridgehead atoms. The highest BCUT2D eigenvalue weighted by Gasteiger charge is 2.30. The Kier molecular flexibility index (Phi) is 9.76. The average molecular weight is 510 g/mol. The van der Waals surface area contributed by atoms with Gasteiger partial charge in [0.1, 0.15) is 18.3 Å². The molecular weight excluding hydrogens is 478 g/mol. The van der Waals surface area contributed by atoms with Crippen LogP contribution in [0, 0.1) is 6.92 Å². The number of rotatable bonds is 11. The largest absolute Gasteiger partial charge is 0.497 e. The topological polar surface area (TPSA) is 96.0 Å². The van der Waals surface area contributed by atoms with Crippen molar-refractivity contribution < 1.29 is 22.7 Å². The van der Waals surface area contributed by atoms with Crippen molar-refractivity contribution >= 4 is 39.1 Å². The molecule has 2 aromatic rings. The van der Waals surface area contributed by atoms with E-state index in [4.69, 9.17) is 16.3 Å². The molecule has 1 N–H and O–H groups in total. The summed E-state index contributed by atoms with van der Waals surface area (Å²) in [6, 6.07) is 11.2. The van der Waals surface area contributed by atoms with Crippen LogP contribution in [-0.2, 0) is 26.2 Å². The Balaban J connectivity index is 2.40. The first-order valence-corrected chi connectivity index (χ1v) is 13.1. The van der Waals surface area contributed by atoms with E-state index < -0.39 is 28.5 Å². The monoisotopic (exact) mass is 509 g/mol. The van der Waals surface area contributed by atoms with Crippen LogP contribution < -0.4 is 14.4 Å². The summed E-state index contributed by atoms with van der Waals surface area (Å²) in [6.45, 7) is 5.38. The molecule has 2 rings (SSSR count). The Morgan fingerprint density at radius 2 is 1.79 bits per heavy atom. The third kappa shape index (κ3) is 7.11. The van der Waals surface area contributed by atoms with Gasteiger partial charge < -0.3 is 15.0 Å². The minimum absolute atomic E-state index is 0.121. The fourth-order valence-electron chi connectivity index (χ4n) is 3.37. The van der Waals surface area contributed by atoms with Crippen molar-refractivity contribution in [3.63, 3.8) is 0 Å². The number of carbonyl (C=O) groups excluding carboxylic acids is 2. The van der Waals surface area contributed by atoms with Gasteiger partial charge in [0.15, 0.2) is 0 Å². The molecule has 1 unspecified atom stereocenters. The summed E-state index contributed by atoms with van der Waals surface area (Å²) in [5.74, 6) is -0.164. The normalized spacial score (nSPS) is 12.1. The SMILES string of the molecule is CCCNC(=O)C(C)N(Cc1ccc(OC)cc1)C(=O)CN(c1cccc(Cl)c1C)S(C)(=O)=O. The molecule has 1 atom stereocenters. The Morgan fingerprint density at radius 1 is 1.15 bits per heavy atom. The summed E-state index contributed by atoms with van der Waals surface area (Å²) in [7, 11) is -2.26. The fraction of sp³-hybridized carbons (Fsp3) is 0.417. The van der Waals surface area contributed by atoms with Gasteiger partial charge >= 0.3 is 0 Å². The molecule has 0 saturated heterocycles. The van der Waals surface area contributed by atoms with Crippen LogP contribution in [0.1, 0.15) is 31.4 Å². The molecule has 0 radical (unpaired) electrons. The Morgan fingerprint density at radius 3 is 2.35 bits per heavy atom.